The lowest BCUT2D eigenvalue weighted by Crippen LogP contribution is -2.23. The van der Waals surface area contributed by atoms with E-state index in [4.69, 9.17) is 5.73 Å². The fourth-order valence-electron chi connectivity index (χ4n) is 1.69. The minimum absolute atomic E-state index is 0.0833. The second-order valence-corrected chi connectivity index (χ2v) is 2.92. The van der Waals surface area contributed by atoms with Gasteiger partial charge in [0.15, 0.2) is 0 Å². The second-order valence-electron chi connectivity index (χ2n) is 2.92. The summed E-state index contributed by atoms with van der Waals surface area (Å²) in [6.07, 6.45) is 0.332. The molecule has 0 saturated heterocycles. The standard InChI is InChI=1S/C7H13F2N/c8-7(9)6-3-1-2-5(6)4-10/h5-7H,1-4,10H2. The van der Waals surface area contributed by atoms with Gasteiger partial charge in [-0.2, -0.15) is 0 Å². The van der Waals surface area contributed by atoms with E-state index >= 15 is 0 Å². The summed E-state index contributed by atoms with van der Waals surface area (Å²) < 4.78 is 24.2. The molecular formula is C7H13F2N. The SMILES string of the molecule is NCC1CCCC1C(F)F. The van der Waals surface area contributed by atoms with E-state index in [0.717, 1.165) is 12.8 Å². The van der Waals surface area contributed by atoms with Crippen molar-refractivity contribution in [2.45, 2.75) is 25.7 Å². The first kappa shape index (κ1) is 7.92. The molecule has 10 heavy (non-hydrogen) atoms. The number of hydrogen-bond donors (Lipinski definition) is 1. The van der Waals surface area contributed by atoms with Crippen molar-refractivity contribution in [2.75, 3.05) is 6.54 Å². The highest BCUT2D eigenvalue weighted by molar-refractivity contribution is 4.79. The number of nitrogens with two attached hydrogens (primary N) is 1. The lowest BCUT2D eigenvalue weighted by Gasteiger charge is -2.15. The van der Waals surface area contributed by atoms with Gasteiger partial charge in [-0.3, -0.25) is 0 Å². The normalized spacial score (nSPS) is 33.6. The van der Waals surface area contributed by atoms with Crippen LogP contribution >= 0.6 is 0 Å². The van der Waals surface area contributed by atoms with Gasteiger partial charge in [-0.25, -0.2) is 8.78 Å². The molecule has 1 aliphatic carbocycles. The van der Waals surface area contributed by atoms with Crippen molar-refractivity contribution in [3.63, 3.8) is 0 Å². The molecule has 0 aromatic heterocycles. The zero-order chi connectivity index (χ0) is 7.56. The summed E-state index contributed by atoms with van der Waals surface area (Å²) in [4.78, 5) is 0. The van der Waals surface area contributed by atoms with Crippen LogP contribution in [0.2, 0.25) is 0 Å². The minimum atomic E-state index is -2.16. The second kappa shape index (κ2) is 3.28. The van der Waals surface area contributed by atoms with Crippen LogP contribution in [0, 0.1) is 11.8 Å². The minimum Gasteiger partial charge on any atom is -0.330 e. The van der Waals surface area contributed by atoms with Gasteiger partial charge in [0.05, 0.1) is 0 Å². The molecule has 3 heteroatoms. The predicted octanol–water partition coefficient (Wildman–Crippen LogP) is 1.63. The zero-order valence-corrected chi connectivity index (χ0v) is 5.89. The van der Waals surface area contributed by atoms with Crippen molar-refractivity contribution in [1.82, 2.24) is 0 Å². The quantitative estimate of drug-likeness (QED) is 0.634. The van der Waals surface area contributed by atoms with Gasteiger partial charge >= 0.3 is 0 Å². The van der Waals surface area contributed by atoms with Gasteiger partial charge in [0, 0.05) is 5.92 Å². The molecule has 1 aliphatic rings. The molecule has 0 amide bonds. The van der Waals surface area contributed by atoms with E-state index in [0.29, 0.717) is 13.0 Å². The molecular weight excluding hydrogens is 136 g/mol. The average Bonchev–Trinajstić information content (AvgIpc) is 2.33. The highest BCUT2D eigenvalue weighted by atomic mass is 19.3. The predicted molar refractivity (Wildman–Crippen MR) is 35.9 cm³/mol. The third kappa shape index (κ3) is 1.45. The van der Waals surface area contributed by atoms with Crippen LogP contribution in [-0.4, -0.2) is 13.0 Å². The fraction of sp³-hybridized carbons (Fsp3) is 1.00. The molecule has 0 heterocycles. The van der Waals surface area contributed by atoms with E-state index in [1.165, 1.54) is 0 Å². The van der Waals surface area contributed by atoms with Crippen molar-refractivity contribution < 1.29 is 8.78 Å². The summed E-state index contributed by atoms with van der Waals surface area (Å²) in [6, 6.07) is 0. The smallest absolute Gasteiger partial charge is 0.241 e. The van der Waals surface area contributed by atoms with E-state index in [-0.39, 0.29) is 5.92 Å². The van der Waals surface area contributed by atoms with E-state index < -0.39 is 12.3 Å². The summed E-state index contributed by atoms with van der Waals surface area (Å²) >= 11 is 0. The van der Waals surface area contributed by atoms with Gasteiger partial charge < -0.3 is 5.73 Å². The van der Waals surface area contributed by atoms with Crippen LogP contribution in [0.3, 0.4) is 0 Å². The Bertz CT molecular complexity index is 106. The van der Waals surface area contributed by atoms with Crippen LogP contribution in [-0.2, 0) is 0 Å². The van der Waals surface area contributed by atoms with Crippen molar-refractivity contribution in [1.29, 1.82) is 0 Å². The first-order valence-electron chi connectivity index (χ1n) is 3.74. The molecule has 0 aliphatic heterocycles. The Kier molecular flexibility index (Phi) is 2.60. The third-order valence-corrected chi connectivity index (χ3v) is 2.34. The molecule has 1 nitrogen and oxygen atoms in total. The monoisotopic (exact) mass is 149 g/mol. The lowest BCUT2D eigenvalue weighted by molar-refractivity contribution is 0.0582. The number of alkyl halides is 2. The van der Waals surface area contributed by atoms with Crippen LogP contribution in [0.15, 0.2) is 0 Å². The first-order chi connectivity index (χ1) is 4.75. The Labute approximate surface area is 59.6 Å². The lowest BCUT2D eigenvalue weighted by atomic mass is 9.97. The Hall–Kier alpha value is -0.180. The fourth-order valence-corrected chi connectivity index (χ4v) is 1.69. The van der Waals surface area contributed by atoms with Crippen LogP contribution in [0.5, 0.6) is 0 Å². The summed E-state index contributed by atoms with van der Waals surface area (Å²) in [7, 11) is 0. The summed E-state index contributed by atoms with van der Waals surface area (Å²) in [6.45, 7) is 0.426. The third-order valence-electron chi connectivity index (χ3n) is 2.34. The van der Waals surface area contributed by atoms with E-state index in [1.54, 1.807) is 0 Å². The van der Waals surface area contributed by atoms with Gasteiger partial charge in [-0.1, -0.05) is 6.42 Å². The van der Waals surface area contributed by atoms with Crippen molar-refractivity contribution in [3.8, 4) is 0 Å². The summed E-state index contributed by atoms with van der Waals surface area (Å²) in [5, 5.41) is 0. The van der Waals surface area contributed by atoms with Crippen LogP contribution in [0.4, 0.5) is 8.78 Å². The number of halogens is 2. The molecule has 0 spiro atoms. The average molecular weight is 149 g/mol. The van der Waals surface area contributed by atoms with Crippen LogP contribution in [0.25, 0.3) is 0 Å². The van der Waals surface area contributed by atoms with Gasteiger partial charge in [0.25, 0.3) is 0 Å². The highest BCUT2D eigenvalue weighted by Crippen LogP contribution is 2.34. The van der Waals surface area contributed by atoms with Crippen LogP contribution in [0.1, 0.15) is 19.3 Å². The maximum absolute atomic E-state index is 12.1. The summed E-state index contributed by atoms with van der Waals surface area (Å²) in [5.74, 6) is -0.329. The van der Waals surface area contributed by atoms with E-state index in [1.807, 2.05) is 0 Å². The molecule has 0 bridgehead atoms. The van der Waals surface area contributed by atoms with E-state index in [2.05, 4.69) is 0 Å². The molecule has 1 saturated carbocycles. The van der Waals surface area contributed by atoms with Gasteiger partial charge in [-0.05, 0) is 25.3 Å². The molecule has 0 aromatic carbocycles. The largest absolute Gasteiger partial charge is 0.330 e. The topological polar surface area (TPSA) is 26.0 Å². The summed E-state index contributed by atoms with van der Waals surface area (Å²) in [5.41, 5.74) is 5.33. The van der Waals surface area contributed by atoms with Crippen molar-refractivity contribution >= 4 is 0 Å². The molecule has 1 rings (SSSR count). The Morgan fingerprint density at radius 2 is 2.10 bits per heavy atom. The molecule has 0 radical (unpaired) electrons. The van der Waals surface area contributed by atoms with Gasteiger partial charge in [0.1, 0.15) is 0 Å². The van der Waals surface area contributed by atoms with Crippen molar-refractivity contribution in [2.24, 2.45) is 17.6 Å². The zero-order valence-electron chi connectivity index (χ0n) is 5.89. The van der Waals surface area contributed by atoms with E-state index in [9.17, 15) is 8.78 Å². The Morgan fingerprint density at radius 1 is 1.40 bits per heavy atom. The highest BCUT2D eigenvalue weighted by Gasteiger charge is 2.32. The van der Waals surface area contributed by atoms with Crippen LogP contribution < -0.4 is 5.73 Å². The molecule has 2 atom stereocenters. The molecule has 60 valence electrons. The molecule has 2 N–H and O–H groups in total. The molecule has 1 fully saturated rings. The Morgan fingerprint density at radius 3 is 2.50 bits per heavy atom. The number of hydrogen-bond acceptors (Lipinski definition) is 1. The first-order valence-corrected chi connectivity index (χ1v) is 3.74. The molecule has 0 aromatic rings. The van der Waals surface area contributed by atoms with Gasteiger partial charge in [-0.15, -0.1) is 0 Å². The number of rotatable bonds is 2. The maximum Gasteiger partial charge on any atom is 0.241 e. The van der Waals surface area contributed by atoms with Gasteiger partial charge in [0.2, 0.25) is 6.43 Å². The molecule has 2 unspecified atom stereocenters. The maximum atomic E-state index is 12.1. The Balaban J connectivity index is 2.42. The van der Waals surface area contributed by atoms with Crippen molar-refractivity contribution in [3.05, 3.63) is 0 Å².